The summed E-state index contributed by atoms with van der Waals surface area (Å²) in [5, 5.41) is 10.8. The van der Waals surface area contributed by atoms with Crippen molar-refractivity contribution in [2.45, 2.75) is 24.9 Å². The van der Waals surface area contributed by atoms with Gasteiger partial charge in [0.1, 0.15) is 17.9 Å². The van der Waals surface area contributed by atoms with Crippen molar-refractivity contribution in [3.63, 3.8) is 0 Å². The molecule has 0 spiro atoms. The van der Waals surface area contributed by atoms with Crippen LogP contribution in [-0.4, -0.2) is 51.6 Å². The zero-order chi connectivity index (χ0) is 19.4. The van der Waals surface area contributed by atoms with E-state index >= 15 is 0 Å². The molecule has 10 heteroatoms. The Labute approximate surface area is 154 Å². The quantitative estimate of drug-likeness (QED) is 0.880. The van der Waals surface area contributed by atoms with Gasteiger partial charge in [-0.1, -0.05) is 0 Å². The highest BCUT2D eigenvalue weighted by Gasteiger charge is 2.28. The van der Waals surface area contributed by atoms with E-state index in [1.807, 2.05) is 11.6 Å². The molecule has 1 aromatic carbocycles. The Balaban J connectivity index is 1.49. The van der Waals surface area contributed by atoms with Crippen LogP contribution in [0.4, 0.5) is 23.7 Å². The SMILES string of the molecule is Cn1cnnc1C1CCN(C(=O)Nc2ccc(OCC(F)(F)F)cc2)CC1. The van der Waals surface area contributed by atoms with Gasteiger partial charge in [-0.15, -0.1) is 10.2 Å². The number of nitrogens with one attached hydrogen (secondary N) is 1. The van der Waals surface area contributed by atoms with E-state index in [4.69, 9.17) is 0 Å². The smallest absolute Gasteiger partial charge is 0.422 e. The van der Waals surface area contributed by atoms with Crippen molar-refractivity contribution in [1.29, 1.82) is 0 Å². The van der Waals surface area contributed by atoms with Crippen LogP contribution in [0.2, 0.25) is 0 Å². The largest absolute Gasteiger partial charge is 0.484 e. The lowest BCUT2D eigenvalue weighted by Crippen LogP contribution is -2.40. The lowest BCUT2D eigenvalue weighted by atomic mass is 9.96. The second kappa shape index (κ2) is 7.85. The fourth-order valence-electron chi connectivity index (χ4n) is 3.00. The number of piperidine rings is 1. The van der Waals surface area contributed by atoms with Gasteiger partial charge in [-0.3, -0.25) is 0 Å². The zero-order valence-electron chi connectivity index (χ0n) is 14.7. The Kier molecular flexibility index (Phi) is 5.52. The first-order valence-corrected chi connectivity index (χ1v) is 8.51. The summed E-state index contributed by atoms with van der Waals surface area (Å²) in [6.07, 6.45) is -1.13. The molecular weight excluding hydrogens is 363 g/mol. The first-order valence-electron chi connectivity index (χ1n) is 8.51. The summed E-state index contributed by atoms with van der Waals surface area (Å²) in [5.74, 6) is 1.28. The maximum Gasteiger partial charge on any atom is 0.422 e. The predicted molar refractivity (Wildman–Crippen MR) is 91.6 cm³/mol. The van der Waals surface area contributed by atoms with Crippen LogP contribution in [-0.2, 0) is 7.05 Å². The number of anilines is 1. The normalized spacial score (nSPS) is 15.6. The molecule has 146 valence electrons. The molecule has 1 N–H and O–H groups in total. The molecule has 1 saturated heterocycles. The van der Waals surface area contributed by atoms with Crippen molar-refractivity contribution in [2.75, 3.05) is 25.0 Å². The number of aromatic nitrogens is 3. The summed E-state index contributed by atoms with van der Waals surface area (Å²) >= 11 is 0. The molecule has 3 rings (SSSR count). The van der Waals surface area contributed by atoms with Crippen LogP contribution in [0.1, 0.15) is 24.6 Å². The van der Waals surface area contributed by atoms with Gasteiger partial charge in [0.15, 0.2) is 6.61 Å². The first-order chi connectivity index (χ1) is 12.8. The van der Waals surface area contributed by atoms with Crippen LogP contribution < -0.4 is 10.1 Å². The molecule has 0 saturated carbocycles. The molecule has 1 aliphatic rings. The third kappa shape index (κ3) is 5.11. The molecule has 0 aliphatic carbocycles. The maximum absolute atomic E-state index is 12.4. The van der Waals surface area contributed by atoms with E-state index in [1.165, 1.54) is 24.3 Å². The van der Waals surface area contributed by atoms with Crippen molar-refractivity contribution in [2.24, 2.45) is 7.05 Å². The van der Waals surface area contributed by atoms with Gasteiger partial charge in [-0.2, -0.15) is 13.2 Å². The molecule has 2 amide bonds. The lowest BCUT2D eigenvalue weighted by Gasteiger charge is -2.31. The van der Waals surface area contributed by atoms with Gasteiger partial charge >= 0.3 is 12.2 Å². The molecule has 7 nitrogen and oxygen atoms in total. The van der Waals surface area contributed by atoms with Gasteiger partial charge in [0, 0.05) is 31.7 Å². The number of hydrogen-bond acceptors (Lipinski definition) is 4. The molecule has 0 radical (unpaired) electrons. The number of urea groups is 1. The number of halogens is 3. The minimum atomic E-state index is -4.38. The summed E-state index contributed by atoms with van der Waals surface area (Å²) in [4.78, 5) is 14.1. The van der Waals surface area contributed by atoms with E-state index in [1.54, 1.807) is 11.2 Å². The van der Waals surface area contributed by atoms with Gasteiger partial charge in [-0.25, -0.2) is 4.79 Å². The second-order valence-corrected chi connectivity index (χ2v) is 6.42. The Morgan fingerprint density at radius 1 is 1.26 bits per heavy atom. The van der Waals surface area contributed by atoms with E-state index in [-0.39, 0.29) is 17.7 Å². The molecule has 1 aliphatic heterocycles. The zero-order valence-corrected chi connectivity index (χ0v) is 14.7. The fraction of sp³-hybridized carbons (Fsp3) is 0.471. The van der Waals surface area contributed by atoms with Crippen LogP contribution >= 0.6 is 0 Å². The van der Waals surface area contributed by atoms with Gasteiger partial charge in [-0.05, 0) is 37.1 Å². The number of amides is 2. The van der Waals surface area contributed by atoms with Crippen molar-refractivity contribution in [3.05, 3.63) is 36.4 Å². The summed E-state index contributed by atoms with van der Waals surface area (Å²) in [6.45, 7) is -0.161. The van der Waals surface area contributed by atoms with E-state index in [0.29, 0.717) is 18.8 Å². The van der Waals surface area contributed by atoms with Crippen LogP contribution in [0.3, 0.4) is 0 Å². The van der Waals surface area contributed by atoms with Crippen LogP contribution in [0.25, 0.3) is 0 Å². The van der Waals surface area contributed by atoms with Crippen LogP contribution in [0.5, 0.6) is 5.75 Å². The summed E-state index contributed by atoms with van der Waals surface area (Å²) in [5.41, 5.74) is 0.495. The lowest BCUT2D eigenvalue weighted by molar-refractivity contribution is -0.153. The average molecular weight is 383 g/mol. The Hall–Kier alpha value is -2.78. The highest BCUT2D eigenvalue weighted by Crippen LogP contribution is 2.26. The number of alkyl halides is 3. The molecule has 1 aromatic heterocycles. The summed E-state index contributed by atoms with van der Waals surface area (Å²) in [7, 11) is 1.90. The number of carbonyl (C=O) groups excluding carboxylic acids is 1. The molecule has 2 heterocycles. The van der Waals surface area contributed by atoms with E-state index < -0.39 is 12.8 Å². The highest BCUT2D eigenvalue weighted by molar-refractivity contribution is 5.89. The molecule has 2 aromatic rings. The number of rotatable bonds is 4. The minimum absolute atomic E-state index is 0.0924. The first kappa shape index (κ1) is 19.0. The highest BCUT2D eigenvalue weighted by atomic mass is 19.4. The molecule has 0 unspecified atom stereocenters. The predicted octanol–water partition coefficient (Wildman–Crippen LogP) is 3.17. The third-order valence-electron chi connectivity index (χ3n) is 4.40. The van der Waals surface area contributed by atoms with E-state index in [9.17, 15) is 18.0 Å². The van der Waals surface area contributed by atoms with Crippen LogP contribution in [0, 0.1) is 0 Å². The second-order valence-electron chi connectivity index (χ2n) is 6.42. The van der Waals surface area contributed by atoms with E-state index in [0.717, 1.165) is 18.7 Å². The minimum Gasteiger partial charge on any atom is -0.484 e. The number of aryl methyl sites for hydroxylation is 1. The van der Waals surface area contributed by atoms with Crippen molar-refractivity contribution in [3.8, 4) is 5.75 Å². The van der Waals surface area contributed by atoms with Crippen molar-refractivity contribution in [1.82, 2.24) is 19.7 Å². The van der Waals surface area contributed by atoms with Gasteiger partial charge in [0.25, 0.3) is 0 Å². The molecule has 0 atom stereocenters. The van der Waals surface area contributed by atoms with Gasteiger partial charge < -0.3 is 19.5 Å². The number of benzene rings is 1. The number of ether oxygens (including phenoxy) is 1. The Bertz CT molecular complexity index is 768. The molecule has 27 heavy (non-hydrogen) atoms. The Morgan fingerprint density at radius 2 is 1.93 bits per heavy atom. The average Bonchev–Trinajstić information content (AvgIpc) is 3.06. The number of hydrogen-bond donors (Lipinski definition) is 1. The molecule has 1 fully saturated rings. The van der Waals surface area contributed by atoms with Gasteiger partial charge in [0.2, 0.25) is 0 Å². The number of nitrogens with zero attached hydrogens (tertiary/aromatic N) is 4. The fourth-order valence-corrected chi connectivity index (χ4v) is 3.00. The van der Waals surface area contributed by atoms with Crippen molar-refractivity contribution < 1.29 is 22.7 Å². The monoisotopic (exact) mass is 383 g/mol. The topological polar surface area (TPSA) is 72.3 Å². The summed E-state index contributed by atoms with van der Waals surface area (Å²) in [6, 6.07) is 5.56. The summed E-state index contributed by atoms with van der Waals surface area (Å²) < 4.78 is 43.0. The van der Waals surface area contributed by atoms with E-state index in [2.05, 4.69) is 20.3 Å². The molecular formula is C17H20F3N5O2. The molecule has 0 bridgehead atoms. The van der Waals surface area contributed by atoms with Crippen LogP contribution in [0.15, 0.2) is 30.6 Å². The third-order valence-corrected chi connectivity index (χ3v) is 4.40. The number of likely N-dealkylation sites (tertiary alicyclic amines) is 1. The maximum atomic E-state index is 12.4. The standard InChI is InChI=1S/C17H20F3N5O2/c1-24-11-21-23-15(24)12-6-8-25(9-7-12)16(26)22-13-2-4-14(5-3-13)27-10-17(18,19)20/h2-5,11-12H,6-10H2,1H3,(H,22,26). The van der Waals surface area contributed by atoms with Crippen molar-refractivity contribution >= 4 is 11.7 Å². The Morgan fingerprint density at radius 3 is 2.48 bits per heavy atom. The number of carbonyl (C=O) groups is 1. The van der Waals surface area contributed by atoms with Gasteiger partial charge in [0.05, 0.1) is 0 Å².